The summed E-state index contributed by atoms with van der Waals surface area (Å²) in [5.74, 6) is -0.744. The van der Waals surface area contributed by atoms with Gasteiger partial charge in [0.15, 0.2) is 0 Å². The minimum Gasteiger partial charge on any atom is -0.345 e. The van der Waals surface area contributed by atoms with Crippen molar-refractivity contribution in [3.63, 3.8) is 0 Å². The molecule has 78 valence electrons. The van der Waals surface area contributed by atoms with Crippen LogP contribution in [0.1, 0.15) is 10.5 Å². The van der Waals surface area contributed by atoms with Crippen molar-refractivity contribution in [1.29, 1.82) is 0 Å². The van der Waals surface area contributed by atoms with Gasteiger partial charge in [0.1, 0.15) is 5.69 Å². The lowest BCUT2D eigenvalue weighted by Crippen LogP contribution is -2.28. The van der Waals surface area contributed by atoms with E-state index in [0.717, 1.165) is 6.08 Å². The van der Waals surface area contributed by atoms with Crippen molar-refractivity contribution in [2.45, 2.75) is 0 Å². The summed E-state index contributed by atoms with van der Waals surface area (Å²) in [6, 6.07) is 3.19. The average molecular weight is 225 g/mol. The molecular weight excluding hydrogens is 216 g/mol. The van der Waals surface area contributed by atoms with E-state index < -0.39 is 5.91 Å². The third kappa shape index (κ3) is 3.18. The van der Waals surface area contributed by atoms with Crippen LogP contribution in [0.25, 0.3) is 0 Å². The van der Waals surface area contributed by atoms with Crippen LogP contribution in [0.3, 0.4) is 0 Å². The summed E-state index contributed by atoms with van der Waals surface area (Å²) >= 11 is 5.75. The number of amides is 1. The first kappa shape index (κ1) is 11.4. The molecule has 0 radical (unpaired) electrons. The molecule has 1 aromatic rings. The molecule has 0 fully saturated rings. The fraction of sp³-hybridized carbons (Fsp3) is 0.100. The van der Waals surface area contributed by atoms with Gasteiger partial charge < -0.3 is 5.32 Å². The lowest BCUT2D eigenvalue weighted by Gasteiger charge is -2.02. The number of carbonyl (C=O) groups excluding carboxylic acids is 2. The lowest BCUT2D eigenvalue weighted by molar-refractivity contribution is -0.116. The minimum absolute atomic E-state index is 0.137. The predicted octanol–water partition coefficient (Wildman–Crippen LogP) is 1.22. The van der Waals surface area contributed by atoms with Crippen LogP contribution < -0.4 is 5.32 Å². The van der Waals surface area contributed by atoms with Gasteiger partial charge in [0, 0.05) is 6.20 Å². The fourth-order valence-corrected chi connectivity index (χ4v) is 1.14. The zero-order valence-electron chi connectivity index (χ0n) is 7.87. The molecular formula is C10H9ClN2O2. The predicted molar refractivity (Wildman–Crippen MR) is 56.8 cm³/mol. The summed E-state index contributed by atoms with van der Waals surface area (Å²) in [7, 11) is 0. The number of hydrogen-bond acceptors (Lipinski definition) is 3. The summed E-state index contributed by atoms with van der Waals surface area (Å²) in [6.07, 6.45) is 2.56. The van der Waals surface area contributed by atoms with Crippen molar-refractivity contribution in [2.24, 2.45) is 0 Å². The molecule has 0 aliphatic carbocycles. The zero-order chi connectivity index (χ0) is 11.3. The highest BCUT2D eigenvalue weighted by atomic mass is 35.5. The van der Waals surface area contributed by atoms with Gasteiger partial charge in [-0.3, -0.25) is 14.6 Å². The summed E-state index contributed by atoms with van der Waals surface area (Å²) < 4.78 is 0. The van der Waals surface area contributed by atoms with Crippen molar-refractivity contribution < 1.29 is 9.59 Å². The highest BCUT2D eigenvalue weighted by molar-refractivity contribution is 6.33. The molecule has 0 atom stereocenters. The van der Waals surface area contributed by atoms with Gasteiger partial charge in [-0.2, -0.15) is 0 Å². The van der Waals surface area contributed by atoms with E-state index in [0.29, 0.717) is 0 Å². The Balaban J connectivity index is 2.66. The van der Waals surface area contributed by atoms with Crippen LogP contribution in [0.2, 0.25) is 5.02 Å². The number of aromatic nitrogens is 1. The van der Waals surface area contributed by atoms with Crippen molar-refractivity contribution in [2.75, 3.05) is 6.54 Å². The number of pyridine rings is 1. The molecule has 1 heterocycles. The molecule has 5 heteroatoms. The van der Waals surface area contributed by atoms with Gasteiger partial charge in [-0.15, -0.1) is 0 Å². The highest BCUT2D eigenvalue weighted by Gasteiger charge is 2.11. The van der Waals surface area contributed by atoms with E-state index in [1.165, 1.54) is 6.20 Å². The van der Waals surface area contributed by atoms with Crippen LogP contribution in [0.15, 0.2) is 31.0 Å². The monoisotopic (exact) mass is 224 g/mol. The van der Waals surface area contributed by atoms with E-state index >= 15 is 0 Å². The third-order valence-corrected chi connectivity index (χ3v) is 1.94. The maximum absolute atomic E-state index is 11.5. The highest BCUT2D eigenvalue weighted by Crippen LogP contribution is 2.11. The van der Waals surface area contributed by atoms with Crippen LogP contribution in [-0.4, -0.2) is 23.2 Å². The van der Waals surface area contributed by atoms with Crippen molar-refractivity contribution in [3.8, 4) is 0 Å². The average Bonchev–Trinajstić information content (AvgIpc) is 2.26. The summed E-state index contributed by atoms with van der Waals surface area (Å²) in [5.41, 5.74) is 0.156. The summed E-state index contributed by atoms with van der Waals surface area (Å²) in [6.45, 7) is 3.13. The molecule has 0 aliphatic rings. The molecule has 0 saturated carbocycles. The fourth-order valence-electron chi connectivity index (χ4n) is 0.914. The van der Waals surface area contributed by atoms with Crippen molar-refractivity contribution >= 4 is 23.3 Å². The molecule has 0 aliphatic heterocycles. The van der Waals surface area contributed by atoms with Crippen LogP contribution in [0.5, 0.6) is 0 Å². The summed E-state index contributed by atoms with van der Waals surface area (Å²) in [4.78, 5) is 26.1. The van der Waals surface area contributed by atoms with Gasteiger partial charge in [-0.05, 0) is 18.2 Å². The molecule has 0 bridgehead atoms. The van der Waals surface area contributed by atoms with Gasteiger partial charge in [0.05, 0.1) is 11.6 Å². The van der Waals surface area contributed by atoms with Crippen molar-refractivity contribution in [3.05, 3.63) is 41.7 Å². The Morgan fingerprint density at radius 2 is 2.33 bits per heavy atom. The van der Waals surface area contributed by atoms with Gasteiger partial charge in [-0.25, -0.2) is 0 Å². The van der Waals surface area contributed by atoms with E-state index in [1.807, 2.05) is 0 Å². The second-order valence-corrected chi connectivity index (χ2v) is 3.09. The number of nitrogens with one attached hydrogen (secondary N) is 1. The van der Waals surface area contributed by atoms with Crippen LogP contribution in [0.4, 0.5) is 0 Å². The summed E-state index contributed by atoms with van der Waals surface area (Å²) in [5, 5.41) is 2.63. The molecule has 15 heavy (non-hydrogen) atoms. The number of carbonyl (C=O) groups is 2. The number of hydrogen-bond donors (Lipinski definition) is 1. The van der Waals surface area contributed by atoms with Gasteiger partial charge in [0.25, 0.3) is 0 Å². The molecule has 0 aromatic carbocycles. The first-order valence-electron chi connectivity index (χ1n) is 4.19. The second kappa shape index (κ2) is 5.26. The third-order valence-electron chi connectivity index (χ3n) is 1.63. The number of Topliss-reactive ketones (excluding diaryl/α,β-unsaturated/α-hetero) is 1. The standard InChI is InChI=1S/C10H9ClN2O2/c1-2-9(15)13-6-8(14)10-7(11)4-3-5-12-10/h2-5H,1,6H2,(H,13,15). The molecule has 1 amide bonds. The van der Waals surface area contributed by atoms with E-state index in [9.17, 15) is 9.59 Å². The molecule has 1 N–H and O–H groups in total. The number of ketones is 1. The first-order valence-corrected chi connectivity index (χ1v) is 4.57. The van der Waals surface area contributed by atoms with Gasteiger partial charge >= 0.3 is 0 Å². The van der Waals surface area contributed by atoms with Crippen LogP contribution in [0, 0.1) is 0 Å². The maximum Gasteiger partial charge on any atom is 0.243 e. The van der Waals surface area contributed by atoms with Gasteiger partial charge in [-0.1, -0.05) is 18.2 Å². The first-order chi connectivity index (χ1) is 7.15. The Morgan fingerprint density at radius 1 is 1.60 bits per heavy atom. The van der Waals surface area contributed by atoms with E-state index in [2.05, 4.69) is 16.9 Å². The van der Waals surface area contributed by atoms with Crippen molar-refractivity contribution in [1.82, 2.24) is 10.3 Å². The number of nitrogens with zero attached hydrogens (tertiary/aromatic N) is 1. The molecule has 0 saturated heterocycles. The quantitative estimate of drug-likeness (QED) is 0.618. The lowest BCUT2D eigenvalue weighted by atomic mass is 10.2. The SMILES string of the molecule is C=CC(=O)NCC(=O)c1ncccc1Cl. The van der Waals surface area contributed by atoms with E-state index in [-0.39, 0.29) is 23.0 Å². The number of rotatable bonds is 4. The largest absolute Gasteiger partial charge is 0.345 e. The Morgan fingerprint density at radius 3 is 2.93 bits per heavy atom. The molecule has 4 nitrogen and oxygen atoms in total. The van der Waals surface area contributed by atoms with Gasteiger partial charge in [0.2, 0.25) is 11.7 Å². The topological polar surface area (TPSA) is 59.1 Å². The molecule has 0 spiro atoms. The van der Waals surface area contributed by atoms with E-state index in [1.54, 1.807) is 12.1 Å². The molecule has 0 unspecified atom stereocenters. The zero-order valence-corrected chi connectivity index (χ0v) is 8.62. The van der Waals surface area contributed by atoms with E-state index in [4.69, 9.17) is 11.6 Å². The Labute approximate surface area is 92.0 Å². The normalized spacial score (nSPS) is 9.40. The second-order valence-electron chi connectivity index (χ2n) is 2.68. The Hall–Kier alpha value is -1.68. The molecule has 1 rings (SSSR count). The Kier molecular flexibility index (Phi) is 4.00. The van der Waals surface area contributed by atoms with Crippen LogP contribution >= 0.6 is 11.6 Å². The Bertz CT molecular complexity index is 404. The smallest absolute Gasteiger partial charge is 0.243 e. The van der Waals surface area contributed by atoms with Crippen LogP contribution in [-0.2, 0) is 4.79 Å². The maximum atomic E-state index is 11.5. The number of halogens is 1. The minimum atomic E-state index is -0.407. The molecule has 1 aromatic heterocycles.